The standard InChI is InChI=1S/C13H6F6N4.C8H15NO3S/c14-4-2-7(23-8(4)3-21-13(20)22-23)9-5(15)1-6(16)10(11(9)17)12(18)19;10-7-2-1-5-9(6-7)13(11,12)8-3-4-8/h1-3,12H,(H2,20,22);7-8,10H,1-6H2. The van der Waals surface area contributed by atoms with Gasteiger partial charge in [0, 0.05) is 25.2 Å². The number of hydrogen-bond donors (Lipinski definition) is 2. The molecule has 5 rings (SSSR count). The summed E-state index contributed by atoms with van der Waals surface area (Å²) < 4.78 is 106. The van der Waals surface area contributed by atoms with Crippen molar-refractivity contribution in [3.05, 3.63) is 47.2 Å². The lowest BCUT2D eigenvalue weighted by Gasteiger charge is -2.29. The molecule has 8 nitrogen and oxygen atoms in total. The Morgan fingerprint density at radius 1 is 1.06 bits per heavy atom. The first-order valence-electron chi connectivity index (χ1n) is 10.8. The Balaban J connectivity index is 0.000000197. The van der Waals surface area contributed by atoms with E-state index in [1.165, 1.54) is 4.31 Å². The zero-order chi connectivity index (χ0) is 26.4. The van der Waals surface area contributed by atoms with Gasteiger partial charge in [0.15, 0.2) is 5.82 Å². The van der Waals surface area contributed by atoms with Gasteiger partial charge in [-0.1, -0.05) is 0 Å². The summed E-state index contributed by atoms with van der Waals surface area (Å²) in [5.41, 5.74) is 1.85. The number of aliphatic hydroxyl groups excluding tert-OH is 1. The van der Waals surface area contributed by atoms with E-state index in [1.54, 1.807) is 0 Å². The van der Waals surface area contributed by atoms with E-state index in [4.69, 9.17) is 5.73 Å². The van der Waals surface area contributed by atoms with E-state index in [1.807, 2.05) is 0 Å². The van der Waals surface area contributed by atoms with Crippen LogP contribution in [0.1, 0.15) is 37.7 Å². The molecule has 2 aliphatic rings. The summed E-state index contributed by atoms with van der Waals surface area (Å²) in [5, 5.41) is 12.8. The van der Waals surface area contributed by atoms with Crippen LogP contribution in [0.3, 0.4) is 0 Å². The molecule has 1 aromatic carbocycles. The Labute approximate surface area is 201 Å². The molecular weight excluding hydrogens is 516 g/mol. The first kappa shape index (κ1) is 26.2. The van der Waals surface area contributed by atoms with Gasteiger partial charge in [-0.2, -0.15) is 4.31 Å². The van der Waals surface area contributed by atoms with Gasteiger partial charge in [0.05, 0.1) is 34.4 Å². The molecule has 0 radical (unpaired) electrons. The topological polar surface area (TPSA) is 114 Å². The Kier molecular flexibility index (Phi) is 7.16. The number of benzene rings is 1. The van der Waals surface area contributed by atoms with E-state index in [0.717, 1.165) is 31.9 Å². The van der Waals surface area contributed by atoms with Crippen LogP contribution in [0.25, 0.3) is 16.8 Å². The monoisotopic (exact) mass is 537 g/mol. The maximum Gasteiger partial charge on any atom is 0.269 e. The highest BCUT2D eigenvalue weighted by Crippen LogP contribution is 2.36. The van der Waals surface area contributed by atoms with E-state index in [0.29, 0.717) is 23.7 Å². The fourth-order valence-electron chi connectivity index (χ4n) is 3.91. The normalized spacial score (nSPS) is 18.9. The molecule has 15 heteroatoms. The largest absolute Gasteiger partial charge is 0.392 e. The van der Waals surface area contributed by atoms with Crippen LogP contribution in [0.2, 0.25) is 0 Å². The number of piperidine rings is 1. The predicted octanol–water partition coefficient (Wildman–Crippen LogP) is 3.41. The van der Waals surface area contributed by atoms with Crippen molar-refractivity contribution < 1.29 is 39.9 Å². The molecule has 1 aliphatic carbocycles. The van der Waals surface area contributed by atoms with Crippen LogP contribution in [-0.4, -0.2) is 56.9 Å². The minimum Gasteiger partial charge on any atom is -0.392 e. The summed E-state index contributed by atoms with van der Waals surface area (Å²) in [7, 11) is -3.05. The van der Waals surface area contributed by atoms with Gasteiger partial charge in [0.1, 0.15) is 23.0 Å². The fraction of sp³-hybridized carbons (Fsp3) is 0.429. The molecule has 3 N–H and O–H groups in total. The van der Waals surface area contributed by atoms with Gasteiger partial charge in [-0.15, -0.1) is 5.10 Å². The van der Waals surface area contributed by atoms with Crippen molar-refractivity contribution in [2.75, 3.05) is 18.8 Å². The van der Waals surface area contributed by atoms with Crippen molar-refractivity contribution in [3.63, 3.8) is 0 Å². The molecule has 1 aliphatic heterocycles. The second kappa shape index (κ2) is 9.86. The molecule has 36 heavy (non-hydrogen) atoms. The van der Waals surface area contributed by atoms with Gasteiger partial charge in [-0.05, 0) is 25.7 Å². The molecular formula is C21H21F6N5O3S. The lowest BCUT2D eigenvalue weighted by Crippen LogP contribution is -2.43. The molecule has 196 valence electrons. The Morgan fingerprint density at radius 3 is 2.36 bits per heavy atom. The van der Waals surface area contributed by atoms with Crippen LogP contribution in [0, 0.1) is 23.3 Å². The quantitative estimate of drug-likeness (QED) is 0.494. The third-order valence-corrected chi connectivity index (χ3v) is 8.20. The Hall–Kier alpha value is -2.91. The molecule has 0 bridgehead atoms. The van der Waals surface area contributed by atoms with Crippen LogP contribution in [0.5, 0.6) is 0 Å². The number of rotatable bonds is 4. The van der Waals surface area contributed by atoms with E-state index < -0.39 is 62.6 Å². The number of β-amino-alcohol motifs (C(OH)–C–C–N with tert-alkyl or cyclic N) is 1. The van der Waals surface area contributed by atoms with Gasteiger partial charge in [-0.25, -0.2) is 44.3 Å². The van der Waals surface area contributed by atoms with Gasteiger partial charge >= 0.3 is 0 Å². The molecule has 3 aromatic rings. The van der Waals surface area contributed by atoms with Crippen molar-refractivity contribution >= 4 is 21.5 Å². The lowest BCUT2D eigenvalue weighted by atomic mass is 10.1. The molecule has 2 fully saturated rings. The minimum atomic E-state index is -3.52. The van der Waals surface area contributed by atoms with Crippen molar-refractivity contribution in [1.29, 1.82) is 0 Å². The first-order valence-corrected chi connectivity index (χ1v) is 12.3. The second-order valence-corrected chi connectivity index (χ2v) is 10.6. The van der Waals surface area contributed by atoms with E-state index in [9.17, 15) is 39.9 Å². The summed E-state index contributed by atoms with van der Waals surface area (Å²) in [5.74, 6) is -6.36. The molecule has 1 saturated carbocycles. The third kappa shape index (κ3) is 4.99. The number of halogens is 6. The number of fused-ring (bicyclic) bond motifs is 1. The number of alkyl halides is 2. The number of nitrogens with two attached hydrogens (primary N) is 1. The highest BCUT2D eigenvalue weighted by molar-refractivity contribution is 7.90. The zero-order valence-electron chi connectivity index (χ0n) is 18.5. The summed E-state index contributed by atoms with van der Waals surface area (Å²) in [6, 6.07) is 0.764. The van der Waals surface area contributed by atoms with Gasteiger partial charge in [0.2, 0.25) is 16.0 Å². The van der Waals surface area contributed by atoms with Crippen molar-refractivity contribution in [3.8, 4) is 11.3 Å². The summed E-state index contributed by atoms with van der Waals surface area (Å²) in [6.07, 6.45) is 0.0923. The van der Waals surface area contributed by atoms with Crippen molar-refractivity contribution in [1.82, 2.24) is 18.9 Å². The molecule has 1 saturated heterocycles. The Bertz CT molecular complexity index is 1400. The minimum absolute atomic E-state index is 0.0990. The van der Waals surface area contributed by atoms with Gasteiger partial charge < -0.3 is 10.8 Å². The maximum absolute atomic E-state index is 14.2. The highest BCUT2D eigenvalue weighted by Gasteiger charge is 2.41. The summed E-state index contributed by atoms with van der Waals surface area (Å²) >= 11 is 0. The number of anilines is 1. The molecule has 1 unspecified atom stereocenters. The van der Waals surface area contributed by atoms with Crippen LogP contribution >= 0.6 is 0 Å². The number of nitrogen functional groups attached to an aromatic ring is 1. The average Bonchev–Trinajstić information content (AvgIpc) is 3.60. The van der Waals surface area contributed by atoms with Crippen molar-refractivity contribution in [2.24, 2.45) is 0 Å². The molecule has 0 amide bonds. The number of aliphatic hydroxyl groups is 1. The van der Waals surface area contributed by atoms with Gasteiger partial charge in [0.25, 0.3) is 6.43 Å². The number of hydrogen-bond acceptors (Lipinski definition) is 6. The summed E-state index contributed by atoms with van der Waals surface area (Å²) in [6.45, 7) is 0.898. The van der Waals surface area contributed by atoms with Crippen LogP contribution in [-0.2, 0) is 10.0 Å². The number of aromatic nitrogens is 3. The number of nitrogens with zero attached hydrogens (tertiary/aromatic N) is 4. The molecule has 3 heterocycles. The summed E-state index contributed by atoms with van der Waals surface area (Å²) in [4.78, 5) is 3.52. The maximum atomic E-state index is 14.2. The Morgan fingerprint density at radius 2 is 1.75 bits per heavy atom. The van der Waals surface area contributed by atoms with Crippen molar-refractivity contribution in [2.45, 2.75) is 43.5 Å². The van der Waals surface area contributed by atoms with E-state index in [2.05, 4.69) is 10.1 Å². The second-order valence-electron chi connectivity index (χ2n) is 8.43. The molecule has 2 aromatic heterocycles. The van der Waals surface area contributed by atoms with Crippen LogP contribution < -0.4 is 5.73 Å². The SMILES string of the molecule is Nc1ncc2c(F)cc(-c3c(F)cc(F)c(C(F)F)c3F)n2n1.O=S(=O)(C1CC1)N1CCCC(O)C1. The van der Waals surface area contributed by atoms with E-state index in [-0.39, 0.29) is 22.8 Å². The first-order chi connectivity index (χ1) is 16.9. The zero-order valence-corrected chi connectivity index (χ0v) is 19.3. The average molecular weight is 537 g/mol. The number of sulfonamides is 1. The lowest BCUT2D eigenvalue weighted by molar-refractivity contribution is 0.108. The highest BCUT2D eigenvalue weighted by atomic mass is 32.2. The van der Waals surface area contributed by atoms with E-state index >= 15 is 0 Å². The van der Waals surface area contributed by atoms with Crippen LogP contribution in [0.15, 0.2) is 18.3 Å². The fourth-order valence-corrected chi connectivity index (χ4v) is 5.83. The smallest absolute Gasteiger partial charge is 0.269 e. The predicted molar refractivity (Wildman–Crippen MR) is 116 cm³/mol. The van der Waals surface area contributed by atoms with Crippen LogP contribution in [0.4, 0.5) is 32.3 Å². The molecule has 0 spiro atoms. The molecule has 1 atom stereocenters. The third-order valence-electron chi connectivity index (χ3n) is 5.83. The van der Waals surface area contributed by atoms with Gasteiger partial charge in [-0.3, -0.25) is 0 Å².